The van der Waals surface area contributed by atoms with Gasteiger partial charge in [0.1, 0.15) is 11.5 Å². The van der Waals surface area contributed by atoms with Gasteiger partial charge in [-0.05, 0) is 75.7 Å². The Kier molecular flexibility index (Phi) is 7.20. The van der Waals surface area contributed by atoms with Crippen molar-refractivity contribution in [2.45, 2.75) is 32.6 Å². The van der Waals surface area contributed by atoms with Crippen LogP contribution in [0, 0.1) is 20.8 Å². The lowest BCUT2D eigenvalue weighted by Gasteiger charge is -2.23. The first-order valence-corrected chi connectivity index (χ1v) is 11.7. The van der Waals surface area contributed by atoms with Gasteiger partial charge in [0.15, 0.2) is 6.61 Å². The number of carbonyl (C=O) groups is 1. The predicted octanol–water partition coefficient (Wildman–Crippen LogP) is 4.81. The number of ether oxygens (including phenoxy) is 2. The Morgan fingerprint density at radius 2 is 1.47 bits per heavy atom. The SMILES string of the molecule is CCOc1ccc(N(C(=O)COc2ccc(C)cc2C)S(=O)(=O)c2ccc(C)cc2)cc1. The van der Waals surface area contributed by atoms with Crippen molar-refractivity contribution >= 4 is 21.6 Å². The fraction of sp³-hybridized carbons (Fsp3) is 0.240. The lowest BCUT2D eigenvalue weighted by Crippen LogP contribution is -2.40. The van der Waals surface area contributed by atoms with Crippen molar-refractivity contribution in [1.82, 2.24) is 0 Å². The van der Waals surface area contributed by atoms with E-state index in [1.54, 1.807) is 42.5 Å². The van der Waals surface area contributed by atoms with E-state index in [-0.39, 0.29) is 10.6 Å². The highest BCUT2D eigenvalue weighted by Crippen LogP contribution is 2.27. The molecule has 1 amide bonds. The molecular weight excluding hydrogens is 426 g/mol. The number of aryl methyl sites for hydroxylation is 3. The predicted molar refractivity (Wildman–Crippen MR) is 125 cm³/mol. The second-order valence-electron chi connectivity index (χ2n) is 7.46. The maximum Gasteiger partial charge on any atom is 0.278 e. The topological polar surface area (TPSA) is 72.9 Å². The second kappa shape index (κ2) is 9.87. The first-order valence-electron chi connectivity index (χ1n) is 10.3. The zero-order valence-electron chi connectivity index (χ0n) is 18.7. The Morgan fingerprint density at radius 3 is 2.06 bits per heavy atom. The van der Waals surface area contributed by atoms with Gasteiger partial charge in [-0.1, -0.05) is 35.4 Å². The zero-order chi connectivity index (χ0) is 23.3. The van der Waals surface area contributed by atoms with Crippen LogP contribution in [0.15, 0.2) is 71.6 Å². The molecule has 0 aliphatic heterocycles. The van der Waals surface area contributed by atoms with Gasteiger partial charge in [0.25, 0.3) is 15.9 Å². The summed E-state index contributed by atoms with van der Waals surface area (Å²) in [5.74, 6) is 0.418. The minimum Gasteiger partial charge on any atom is -0.494 e. The van der Waals surface area contributed by atoms with Crippen molar-refractivity contribution in [3.05, 3.63) is 83.4 Å². The van der Waals surface area contributed by atoms with E-state index in [9.17, 15) is 13.2 Å². The minimum absolute atomic E-state index is 0.0249. The molecule has 3 aromatic carbocycles. The average molecular weight is 454 g/mol. The molecule has 7 heteroatoms. The third-order valence-electron chi connectivity index (χ3n) is 4.85. The number of amides is 1. The molecule has 0 aliphatic rings. The second-order valence-corrected chi connectivity index (χ2v) is 9.25. The Labute approximate surface area is 189 Å². The molecular formula is C25H27NO5S. The zero-order valence-corrected chi connectivity index (χ0v) is 19.5. The van der Waals surface area contributed by atoms with Gasteiger partial charge in [-0.25, -0.2) is 8.42 Å². The van der Waals surface area contributed by atoms with E-state index in [0.717, 1.165) is 21.0 Å². The summed E-state index contributed by atoms with van der Waals surface area (Å²) in [6.07, 6.45) is 0. The fourth-order valence-corrected chi connectivity index (χ4v) is 4.65. The van der Waals surface area contributed by atoms with Crippen LogP contribution in [0.1, 0.15) is 23.6 Å². The molecule has 3 aromatic rings. The van der Waals surface area contributed by atoms with Crippen molar-refractivity contribution in [2.75, 3.05) is 17.5 Å². The summed E-state index contributed by atoms with van der Waals surface area (Å²) in [7, 11) is -4.15. The van der Waals surface area contributed by atoms with Gasteiger partial charge in [0.05, 0.1) is 17.2 Å². The molecule has 0 aromatic heterocycles. The highest BCUT2D eigenvalue weighted by Gasteiger charge is 2.31. The third-order valence-corrected chi connectivity index (χ3v) is 6.61. The van der Waals surface area contributed by atoms with Crippen LogP contribution in [-0.4, -0.2) is 27.5 Å². The molecule has 32 heavy (non-hydrogen) atoms. The van der Waals surface area contributed by atoms with Gasteiger partial charge in [0.2, 0.25) is 0 Å². The molecule has 0 saturated heterocycles. The molecule has 0 radical (unpaired) electrons. The summed E-state index contributed by atoms with van der Waals surface area (Å²) in [5.41, 5.74) is 3.07. The molecule has 0 unspecified atom stereocenters. The molecule has 0 aliphatic carbocycles. The van der Waals surface area contributed by atoms with E-state index in [1.165, 1.54) is 12.1 Å². The van der Waals surface area contributed by atoms with Crippen LogP contribution in [0.5, 0.6) is 11.5 Å². The van der Waals surface area contributed by atoms with Crippen LogP contribution in [0.3, 0.4) is 0 Å². The fourth-order valence-electron chi connectivity index (χ4n) is 3.24. The van der Waals surface area contributed by atoms with E-state index in [2.05, 4.69) is 0 Å². The maximum atomic E-state index is 13.4. The molecule has 0 fully saturated rings. The highest BCUT2D eigenvalue weighted by molar-refractivity contribution is 7.93. The summed E-state index contributed by atoms with van der Waals surface area (Å²) in [6.45, 7) is 7.61. The van der Waals surface area contributed by atoms with Gasteiger partial charge in [-0.2, -0.15) is 4.31 Å². The van der Waals surface area contributed by atoms with Crippen molar-refractivity contribution in [2.24, 2.45) is 0 Å². The molecule has 0 spiro atoms. The smallest absolute Gasteiger partial charge is 0.278 e. The van der Waals surface area contributed by atoms with Crippen LogP contribution in [-0.2, 0) is 14.8 Å². The lowest BCUT2D eigenvalue weighted by atomic mass is 10.1. The monoisotopic (exact) mass is 453 g/mol. The standard InChI is InChI=1S/C25H27NO5S/c1-5-30-22-11-9-21(10-12-22)26(32(28,29)23-13-6-18(2)7-14-23)25(27)17-31-24-15-8-19(3)16-20(24)4/h6-16H,5,17H2,1-4H3. The number of benzene rings is 3. The largest absolute Gasteiger partial charge is 0.494 e. The van der Waals surface area contributed by atoms with Crippen molar-refractivity contribution in [3.8, 4) is 11.5 Å². The van der Waals surface area contributed by atoms with E-state index in [4.69, 9.17) is 9.47 Å². The van der Waals surface area contributed by atoms with E-state index < -0.39 is 22.5 Å². The molecule has 0 N–H and O–H groups in total. The van der Waals surface area contributed by atoms with Crippen LogP contribution < -0.4 is 13.8 Å². The minimum atomic E-state index is -4.15. The Balaban J connectivity index is 1.95. The number of carbonyl (C=O) groups excluding carboxylic acids is 1. The quantitative estimate of drug-likeness (QED) is 0.489. The molecule has 0 atom stereocenters. The van der Waals surface area contributed by atoms with E-state index >= 15 is 0 Å². The number of nitrogens with zero attached hydrogens (tertiary/aromatic N) is 1. The molecule has 168 valence electrons. The molecule has 0 bridgehead atoms. The Hall–Kier alpha value is -3.32. The van der Waals surface area contributed by atoms with Crippen LogP contribution in [0.2, 0.25) is 0 Å². The maximum absolute atomic E-state index is 13.4. The number of hydrogen-bond donors (Lipinski definition) is 0. The summed E-state index contributed by atoms with van der Waals surface area (Å²) >= 11 is 0. The van der Waals surface area contributed by atoms with Crippen LogP contribution in [0.25, 0.3) is 0 Å². The Morgan fingerprint density at radius 1 is 0.844 bits per heavy atom. The van der Waals surface area contributed by atoms with Gasteiger partial charge in [-0.3, -0.25) is 4.79 Å². The van der Waals surface area contributed by atoms with Crippen LogP contribution >= 0.6 is 0 Å². The number of anilines is 1. The first kappa shape index (κ1) is 23.3. The molecule has 0 heterocycles. The number of hydrogen-bond acceptors (Lipinski definition) is 5. The van der Waals surface area contributed by atoms with Gasteiger partial charge >= 0.3 is 0 Å². The lowest BCUT2D eigenvalue weighted by molar-refractivity contribution is -0.119. The highest BCUT2D eigenvalue weighted by atomic mass is 32.2. The van der Waals surface area contributed by atoms with Gasteiger partial charge < -0.3 is 9.47 Å². The Bertz CT molecular complexity index is 1190. The van der Waals surface area contributed by atoms with Crippen LogP contribution in [0.4, 0.5) is 5.69 Å². The van der Waals surface area contributed by atoms with Gasteiger partial charge in [-0.15, -0.1) is 0 Å². The van der Waals surface area contributed by atoms with Crippen molar-refractivity contribution in [3.63, 3.8) is 0 Å². The number of rotatable bonds is 8. The van der Waals surface area contributed by atoms with E-state index in [0.29, 0.717) is 18.1 Å². The van der Waals surface area contributed by atoms with E-state index in [1.807, 2.05) is 39.8 Å². The summed E-state index contributed by atoms with van der Waals surface area (Å²) < 4.78 is 38.8. The molecule has 6 nitrogen and oxygen atoms in total. The van der Waals surface area contributed by atoms with Gasteiger partial charge in [0, 0.05) is 0 Å². The normalized spacial score (nSPS) is 11.1. The number of sulfonamides is 1. The molecule has 0 saturated carbocycles. The summed E-state index contributed by atoms with van der Waals surface area (Å²) in [5, 5.41) is 0. The third kappa shape index (κ3) is 5.29. The first-order chi connectivity index (χ1) is 15.2. The average Bonchev–Trinajstić information content (AvgIpc) is 2.75. The van der Waals surface area contributed by atoms with Crippen molar-refractivity contribution < 1.29 is 22.7 Å². The summed E-state index contributed by atoms with van der Waals surface area (Å²) in [4.78, 5) is 13.2. The summed E-state index contributed by atoms with van der Waals surface area (Å²) in [6, 6.07) is 18.3. The molecule has 3 rings (SSSR count). The van der Waals surface area contributed by atoms with Crippen molar-refractivity contribution in [1.29, 1.82) is 0 Å².